The van der Waals surface area contributed by atoms with Gasteiger partial charge in [-0.3, -0.25) is 15.2 Å². The van der Waals surface area contributed by atoms with Crippen molar-refractivity contribution in [3.05, 3.63) is 23.9 Å². The Morgan fingerprint density at radius 1 is 1.11 bits per heavy atom. The molecule has 1 aromatic heterocycles. The van der Waals surface area contributed by atoms with E-state index in [9.17, 15) is 23.7 Å². The Bertz CT molecular complexity index is 1090. The molecule has 1 aromatic rings. The van der Waals surface area contributed by atoms with Crippen LogP contribution in [0.4, 0.5) is 19.0 Å². The molecule has 0 aromatic carbocycles. The van der Waals surface area contributed by atoms with Crippen LogP contribution in [0.2, 0.25) is 0 Å². The first-order valence-corrected chi connectivity index (χ1v) is 13.2. The average Bonchev–Trinajstić information content (AvgIpc) is 2.85. The molecule has 1 aliphatic heterocycles. The molecule has 1 saturated heterocycles. The molecular formula is C27H34F3N7. The van der Waals surface area contributed by atoms with Gasteiger partial charge >= 0.3 is 6.18 Å². The molecule has 7 nitrogen and oxygen atoms in total. The van der Waals surface area contributed by atoms with Crippen LogP contribution < -0.4 is 4.90 Å². The molecule has 2 unspecified atom stereocenters. The van der Waals surface area contributed by atoms with Crippen molar-refractivity contribution in [2.24, 2.45) is 23.2 Å². The minimum atomic E-state index is -4.41. The van der Waals surface area contributed by atoms with Gasteiger partial charge in [0, 0.05) is 38.8 Å². The average molecular weight is 514 g/mol. The molecule has 4 bridgehead atoms. The van der Waals surface area contributed by atoms with Crippen LogP contribution in [0.1, 0.15) is 57.9 Å². The zero-order valence-electron chi connectivity index (χ0n) is 21.4. The van der Waals surface area contributed by atoms with Crippen molar-refractivity contribution in [3.8, 4) is 12.3 Å². The standard InChI is InChI=1S/C27H34F3N7/c1-25(2,36-9-7-35(8-10-36)22-4-3-21(16-34-22)27(28,29)30)24(33)37(17-32)23-19-11-18-12-20(23)15-26(13-18,14-19)5-6-31/h3-4,16,18-20,23,33H,5,7-15H2,1-2H3. The van der Waals surface area contributed by atoms with Crippen molar-refractivity contribution in [2.45, 2.75) is 70.1 Å². The van der Waals surface area contributed by atoms with Gasteiger partial charge in [-0.2, -0.15) is 23.7 Å². The van der Waals surface area contributed by atoms with Crippen LogP contribution in [0.3, 0.4) is 0 Å². The van der Waals surface area contributed by atoms with Gasteiger partial charge in [0.2, 0.25) is 0 Å². The molecule has 5 aliphatic rings. The first-order chi connectivity index (χ1) is 17.5. The second kappa shape index (κ2) is 9.16. The van der Waals surface area contributed by atoms with Gasteiger partial charge in [-0.15, -0.1) is 0 Å². The third-order valence-electron chi connectivity index (χ3n) is 9.50. The molecule has 2 heterocycles. The van der Waals surface area contributed by atoms with E-state index in [4.69, 9.17) is 5.41 Å². The van der Waals surface area contributed by atoms with Crippen molar-refractivity contribution < 1.29 is 13.2 Å². The first kappa shape index (κ1) is 25.8. The summed E-state index contributed by atoms with van der Waals surface area (Å²) in [6, 6.07) is 4.91. The van der Waals surface area contributed by atoms with Crippen molar-refractivity contribution in [2.75, 3.05) is 31.1 Å². The summed E-state index contributed by atoms with van der Waals surface area (Å²) in [4.78, 5) is 9.86. The highest BCUT2D eigenvalue weighted by atomic mass is 19.4. The topological polar surface area (TPSA) is 94.0 Å². The molecule has 6 rings (SSSR count). The molecule has 0 amide bonds. The number of rotatable bonds is 5. The van der Waals surface area contributed by atoms with Crippen molar-refractivity contribution in [1.29, 1.82) is 15.9 Å². The molecule has 10 heteroatoms. The van der Waals surface area contributed by atoms with Crippen molar-refractivity contribution in [1.82, 2.24) is 14.8 Å². The predicted molar refractivity (Wildman–Crippen MR) is 132 cm³/mol. The summed E-state index contributed by atoms with van der Waals surface area (Å²) < 4.78 is 38.6. The highest BCUT2D eigenvalue weighted by Crippen LogP contribution is 2.62. The van der Waals surface area contributed by atoms with Gasteiger partial charge in [-0.25, -0.2) is 4.98 Å². The quantitative estimate of drug-likeness (QED) is 0.261. The Morgan fingerprint density at radius 3 is 2.27 bits per heavy atom. The molecule has 198 valence electrons. The molecule has 1 N–H and O–H groups in total. The van der Waals surface area contributed by atoms with E-state index in [0.717, 1.165) is 44.4 Å². The summed E-state index contributed by atoms with van der Waals surface area (Å²) in [6.45, 7) is 6.35. The largest absolute Gasteiger partial charge is 0.417 e. The lowest BCUT2D eigenvalue weighted by molar-refractivity contribution is -0.137. The summed E-state index contributed by atoms with van der Waals surface area (Å²) >= 11 is 0. The SMILES string of the molecule is CC(C)(C(=N)N(C#N)C1C2CC3CC1CC(CC#N)(C3)C2)N1CCN(c2ccc(C(F)(F)F)cn2)CC1. The maximum Gasteiger partial charge on any atom is 0.417 e. The van der Waals surface area contributed by atoms with E-state index in [1.54, 1.807) is 4.90 Å². The maximum absolute atomic E-state index is 12.9. The van der Waals surface area contributed by atoms with Gasteiger partial charge < -0.3 is 4.90 Å². The van der Waals surface area contributed by atoms with Crippen LogP contribution in [-0.2, 0) is 6.18 Å². The van der Waals surface area contributed by atoms with Crippen molar-refractivity contribution in [3.63, 3.8) is 0 Å². The normalized spacial score (nSPS) is 31.6. The van der Waals surface area contributed by atoms with Crippen LogP contribution in [0.25, 0.3) is 0 Å². The molecule has 2 atom stereocenters. The number of anilines is 1. The molecule has 0 radical (unpaired) electrons. The van der Waals surface area contributed by atoms with Gasteiger partial charge in [0.05, 0.1) is 23.2 Å². The third-order valence-corrected chi connectivity index (χ3v) is 9.50. The van der Waals surface area contributed by atoms with E-state index in [-0.39, 0.29) is 11.5 Å². The van der Waals surface area contributed by atoms with Crippen LogP contribution in [-0.4, -0.2) is 58.4 Å². The van der Waals surface area contributed by atoms with Gasteiger partial charge in [-0.05, 0) is 81.3 Å². The minimum absolute atomic E-state index is 0.0257. The zero-order chi connectivity index (χ0) is 26.6. The number of pyridine rings is 1. The smallest absolute Gasteiger partial charge is 0.354 e. The highest BCUT2D eigenvalue weighted by molar-refractivity contribution is 5.89. The fraction of sp³-hybridized carbons (Fsp3) is 0.704. The number of amidine groups is 1. The van der Waals surface area contributed by atoms with Crippen molar-refractivity contribution >= 4 is 11.7 Å². The third kappa shape index (κ3) is 4.54. The molecule has 4 saturated carbocycles. The van der Waals surface area contributed by atoms with Crippen LogP contribution in [0.5, 0.6) is 0 Å². The van der Waals surface area contributed by atoms with E-state index in [2.05, 4.69) is 22.1 Å². The summed E-state index contributed by atoms with van der Waals surface area (Å²) in [7, 11) is 0. The van der Waals surface area contributed by atoms with E-state index in [1.807, 2.05) is 18.7 Å². The number of halogens is 3. The summed E-state index contributed by atoms with van der Waals surface area (Å²) in [6.07, 6.45) is 4.68. The number of nitrogens with zero attached hydrogens (tertiary/aromatic N) is 6. The Labute approximate surface area is 216 Å². The van der Waals surface area contributed by atoms with Gasteiger partial charge in [-0.1, -0.05) is 0 Å². The summed E-state index contributed by atoms with van der Waals surface area (Å²) in [5, 5.41) is 28.8. The van der Waals surface area contributed by atoms with Gasteiger partial charge in [0.25, 0.3) is 0 Å². The Morgan fingerprint density at radius 2 is 1.76 bits per heavy atom. The zero-order valence-corrected chi connectivity index (χ0v) is 21.4. The van der Waals surface area contributed by atoms with Gasteiger partial charge in [0.15, 0.2) is 6.19 Å². The molecule has 5 fully saturated rings. The number of alkyl halides is 3. The predicted octanol–water partition coefficient (Wildman–Crippen LogP) is 4.87. The number of piperazine rings is 1. The lowest BCUT2D eigenvalue weighted by atomic mass is 9.47. The number of aromatic nitrogens is 1. The fourth-order valence-corrected chi connectivity index (χ4v) is 7.92. The second-order valence-corrected chi connectivity index (χ2v) is 12.0. The van der Waals surface area contributed by atoms with Crippen LogP contribution >= 0.6 is 0 Å². The van der Waals surface area contributed by atoms with E-state index in [1.165, 1.54) is 6.07 Å². The molecular weight excluding hydrogens is 479 g/mol. The summed E-state index contributed by atoms with van der Waals surface area (Å²) in [5.41, 5.74) is -1.33. The second-order valence-electron chi connectivity index (χ2n) is 12.0. The van der Waals surface area contributed by atoms with E-state index >= 15 is 0 Å². The number of hydrogen-bond acceptors (Lipinski definition) is 6. The Balaban J connectivity index is 1.25. The van der Waals surface area contributed by atoms with Crippen LogP contribution in [0, 0.1) is 51.4 Å². The fourth-order valence-electron chi connectivity index (χ4n) is 7.92. The molecule has 37 heavy (non-hydrogen) atoms. The van der Waals surface area contributed by atoms with E-state index < -0.39 is 17.3 Å². The molecule has 4 aliphatic carbocycles. The van der Waals surface area contributed by atoms with Crippen LogP contribution in [0.15, 0.2) is 18.3 Å². The maximum atomic E-state index is 12.9. The Kier molecular flexibility index (Phi) is 6.39. The number of nitrogens with one attached hydrogen (secondary N) is 1. The minimum Gasteiger partial charge on any atom is -0.354 e. The molecule has 0 spiro atoms. The van der Waals surface area contributed by atoms with Gasteiger partial charge in [0.1, 0.15) is 11.7 Å². The number of nitriles is 2. The van der Waals surface area contributed by atoms with E-state index in [0.29, 0.717) is 62.0 Å². The monoisotopic (exact) mass is 513 g/mol. The number of hydrogen-bond donors (Lipinski definition) is 1. The Hall–Kier alpha value is -2.85. The highest BCUT2D eigenvalue weighted by Gasteiger charge is 2.57. The summed E-state index contributed by atoms with van der Waals surface area (Å²) in [5.74, 6) is 2.15. The first-order valence-electron chi connectivity index (χ1n) is 13.2. The lowest BCUT2D eigenvalue weighted by Crippen LogP contribution is -2.65. The lowest BCUT2D eigenvalue weighted by Gasteiger charge is -2.61.